The summed E-state index contributed by atoms with van der Waals surface area (Å²) in [6.45, 7) is 2.63. The fourth-order valence-corrected chi connectivity index (χ4v) is 6.37. The van der Waals surface area contributed by atoms with Gasteiger partial charge in [-0.25, -0.2) is 8.42 Å². The molecule has 0 aromatic rings. The SMILES string of the molecule is O=C(C1CCOCC1)N1CC[C@@H]2[C@@H]1CCN2S(=O)(=O)C1CC1. The number of carbonyl (C=O) groups is 1. The zero-order valence-electron chi connectivity index (χ0n) is 12.8. The van der Waals surface area contributed by atoms with Crippen LogP contribution in [0.15, 0.2) is 0 Å². The lowest BCUT2D eigenvalue weighted by Gasteiger charge is -2.30. The summed E-state index contributed by atoms with van der Waals surface area (Å²) in [5.41, 5.74) is 0. The predicted molar refractivity (Wildman–Crippen MR) is 80.7 cm³/mol. The van der Waals surface area contributed by atoms with Crippen LogP contribution in [0.25, 0.3) is 0 Å². The van der Waals surface area contributed by atoms with Crippen molar-refractivity contribution >= 4 is 15.9 Å². The Balaban J connectivity index is 1.47. The van der Waals surface area contributed by atoms with Crippen LogP contribution < -0.4 is 0 Å². The Hall–Kier alpha value is -0.660. The molecule has 6 nitrogen and oxygen atoms in total. The van der Waals surface area contributed by atoms with Crippen molar-refractivity contribution in [2.45, 2.75) is 55.9 Å². The van der Waals surface area contributed by atoms with E-state index < -0.39 is 10.0 Å². The van der Waals surface area contributed by atoms with Crippen LogP contribution in [-0.4, -0.2) is 67.2 Å². The quantitative estimate of drug-likeness (QED) is 0.760. The Morgan fingerprint density at radius 1 is 0.909 bits per heavy atom. The van der Waals surface area contributed by atoms with E-state index in [1.165, 1.54) is 0 Å². The number of nitrogens with zero attached hydrogens (tertiary/aromatic N) is 2. The first-order chi connectivity index (χ1) is 10.6. The monoisotopic (exact) mass is 328 g/mol. The molecule has 3 saturated heterocycles. The van der Waals surface area contributed by atoms with Crippen molar-refractivity contribution in [3.63, 3.8) is 0 Å². The predicted octanol–water partition coefficient (Wildman–Crippen LogP) is 0.580. The van der Waals surface area contributed by atoms with Gasteiger partial charge in [0.15, 0.2) is 0 Å². The Morgan fingerprint density at radius 2 is 1.59 bits per heavy atom. The molecule has 7 heteroatoms. The summed E-state index contributed by atoms with van der Waals surface area (Å²) in [5.74, 6) is 0.294. The molecule has 4 aliphatic rings. The van der Waals surface area contributed by atoms with E-state index in [1.54, 1.807) is 4.31 Å². The third kappa shape index (κ3) is 2.37. The van der Waals surface area contributed by atoms with Gasteiger partial charge in [0.05, 0.1) is 5.25 Å². The Labute approximate surface area is 131 Å². The molecule has 1 aliphatic carbocycles. The van der Waals surface area contributed by atoms with E-state index in [1.807, 2.05) is 4.90 Å². The van der Waals surface area contributed by atoms with Gasteiger partial charge in [-0.3, -0.25) is 4.79 Å². The number of amides is 1. The van der Waals surface area contributed by atoms with Crippen LogP contribution >= 0.6 is 0 Å². The van der Waals surface area contributed by atoms with Crippen molar-refractivity contribution in [2.24, 2.45) is 5.92 Å². The maximum absolute atomic E-state index is 12.7. The highest BCUT2D eigenvalue weighted by Gasteiger charge is 2.52. The molecule has 4 rings (SSSR count). The van der Waals surface area contributed by atoms with Crippen molar-refractivity contribution in [2.75, 3.05) is 26.3 Å². The van der Waals surface area contributed by atoms with Crippen molar-refractivity contribution < 1.29 is 17.9 Å². The molecule has 124 valence electrons. The molecule has 1 amide bonds. The summed E-state index contributed by atoms with van der Waals surface area (Å²) < 4.78 is 32.1. The van der Waals surface area contributed by atoms with Gasteiger partial charge in [-0.05, 0) is 38.5 Å². The van der Waals surface area contributed by atoms with Crippen molar-refractivity contribution in [1.82, 2.24) is 9.21 Å². The van der Waals surface area contributed by atoms with Gasteiger partial charge in [0.1, 0.15) is 0 Å². The van der Waals surface area contributed by atoms with Gasteiger partial charge in [-0.1, -0.05) is 0 Å². The number of likely N-dealkylation sites (tertiary alicyclic amines) is 1. The number of rotatable bonds is 3. The first kappa shape index (κ1) is 14.9. The fraction of sp³-hybridized carbons (Fsp3) is 0.933. The molecular formula is C15H24N2O4S. The molecule has 0 unspecified atom stereocenters. The van der Waals surface area contributed by atoms with Crippen LogP contribution in [0.4, 0.5) is 0 Å². The minimum atomic E-state index is -3.12. The maximum atomic E-state index is 12.7. The molecule has 4 fully saturated rings. The highest BCUT2D eigenvalue weighted by atomic mass is 32.2. The standard InChI is InChI=1S/C15H24N2O4S/c18-15(11-5-9-21-10-6-11)16-7-3-14-13(16)4-8-17(14)22(19,20)12-1-2-12/h11-14H,1-10H2/t13-,14+/m0/s1. The van der Waals surface area contributed by atoms with Crippen LogP contribution in [0.1, 0.15) is 38.5 Å². The Morgan fingerprint density at radius 3 is 2.27 bits per heavy atom. The van der Waals surface area contributed by atoms with Crippen LogP contribution in [0, 0.1) is 5.92 Å². The van der Waals surface area contributed by atoms with E-state index in [9.17, 15) is 13.2 Å². The van der Waals surface area contributed by atoms with E-state index in [2.05, 4.69) is 0 Å². The van der Waals surface area contributed by atoms with E-state index in [4.69, 9.17) is 4.74 Å². The highest BCUT2D eigenvalue weighted by molar-refractivity contribution is 7.90. The van der Waals surface area contributed by atoms with Gasteiger partial charge in [0.2, 0.25) is 15.9 Å². The average Bonchev–Trinajstić information content (AvgIpc) is 3.18. The molecule has 0 spiro atoms. The zero-order chi connectivity index (χ0) is 15.3. The first-order valence-electron chi connectivity index (χ1n) is 8.48. The van der Waals surface area contributed by atoms with Gasteiger partial charge in [-0.15, -0.1) is 0 Å². The summed E-state index contributed by atoms with van der Waals surface area (Å²) in [4.78, 5) is 14.7. The number of ether oxygens (including phenoxy) is 1. The first-order valence-corrected chi connectivity index (χ1v) is 9.98. The number of hydrogen-bond acceptors (Lipinski definition) is 4. The molecular weight excluding hydrogens is 304 g/mol. The number of hydrogen-bond donors (Lipinski definition) is 0. The van der Waals surface area contributed by atoms with Gasteiger partial charge < -0.3 is 9.64 Å². The lowest BCUT2D eigenvalue weighted by molar-refractivity contribution is -0.139. The van der Waals surface area contributed by atoms with E-state index >= 15 is 0 Å². The maximum Gasteiger partial charge on any atom is 0.226 e. The van der Waals surface area contributed by atoms with Gasteiger partial charge in [0, 0.05) is 44.3 Å². The summed E-state index contributed by atoms with van der Waals surface area (Å²) in [6.07, 6.45) is 4.81. The average molecular weight is 328 g/mol. The molecule has 2 atom stereocenters. The van der Waals surface area contributed by atoms with Gasteiger partial charge in [-0.2, -0.15) is 4.31 Å². The van der Waals surface area contributed by atoms with E-state index in [0.29, 0.717) is 26.3 Å². The van der Waals surface area contributed by atoms with E-state index in [-0.39, 0.29) is 29.2 Å². The van der Waals surface area contributed by atoms with Crippen LogP contribution in [0.3, 0.4) is 0 Å². The summed E-state index contributed by atoms with van der Waals surface area (Å²) >= 11 is 0. The largest absolute Gasteiger partial charge is 0.381 e. The summed E-state index contributed by atoms with van der Waals surface area (Å²) in [7, 11) is -3.12. The summed E-state index contributed by atoms with van der Waals surface area (Å²) in [5, 5.41) is -0.147. The Bertz CT molecular complexity index is 554. The smallest absolute Gasteiger partial charge is 0.226 e. The molecule has 0 aromatic carbocycles. The van der Waals surface area contributed by atoms with Crippen molar-refractivity contribution in [1.29, 1.82) is 0 Å². The minimum absolute atomic E-state index is 0.0226. The fourth-order valence-electron chi connectivity index (χ4n) is 4.27. The molecule has 22 heavy (non-hydrogen) atoms. The molecule has 3 heterocycles. The zero-order valence-corrected chi connectivity index (χ0v) is 13.6. The number of fused-ring (bicyclic) bond motifs is 1. The second-order valence-electron chi connectivity index (χ2n) is 6.99. The normalized spacial score (nSPS) is 34.1. The van der Waals surface area contributed by atoms with E-state index in [0.717, 1.165) is 38.5 Å². The van der Waals surface area contributed by atoms with Gasteiger partial charge in [0.25, 0.3) is 0 Å². The molecule has 0 N–H and O–H groups in total. The van der Waals surface area contributed by atoms with Crippen LogP contribution in [0.5, 0.6) is 0 Å². The minimum Gasteiger partial charge on any atom is -0.381 e. The number of carbonyl (C=O) groups excluding carboxylic acids is 1. The second-order valence-corrected chi connectivity index (χ2v) is 9.15. The molecule has 1 saturated carbocycles. The van der Waals surface area contributed by atoms with Crippen LogP contribution in [0.2, 0.25) is 0 Å². The molecule has 0 aromatic heterocycles. The van der Waals surface area contributed by atoms with Gasteiger partial charge >= 0.3 is 0 Å². The molecule has 3 aliphatic heterocycles. The van der Waals surface area contributed by atoms with Crippen molar-refractivity contribution in [3.8, 4) is 0 Å². The highest BCUT2D eigenvalue weighted by Crippen LogP contribution is 2.40. The lowest BCUT2D eigenvalue weighted by Crippen LogP contribution is -2.44. The second kappa shape index (κ2) is 5.46. The molecule has 0 radical (unpaired) electrons. The third-order valence-electron chi connectivity index (χ3n) is 5.65. The third-order valence-corrected chi connectivity index (χ3v) is 8.07. The molecule has 0 bridgehead atoms. The topological polar surface area (TPSA) is 66.9 Å². The van der Waals surface area contributed by atoms with Crippen LogP contribution in [-0.2, 0) is 19.6 Å². The summed E-state index contributed by atoms with van der Waals surface area (Å²) in [6, 6.07) is 0.123. The van der Waals surface area contributed by atoms with Crippen molar-refractivity contribution in [3.05, 3.63) is 0 Å². The number of sulfonamides is 1. The lowest BCUT2D eigenvalue weighted by atomic mass is 9.98. The Kier molecular flexibility index (Phi) is 3.70.